The number of aliphatic carboxylic acids is 1. The van der Waals surface area contributed by atoms with Gasteiger partial charge in [-0.25, -0.2) is 4.79 Å². The second-order valence-corrected chi connectivity index (χ2v) is 7.64. The van der Waals surface area contributed by atoms with Crippen molar-refractivity contribution >= 4 is 18.0 Å². The molecule has 0 fully saturated rings. The summed E-state index contributed by atoms with van der Waals surface area (Å²) in [5.41, 5.74) is 4.50. The van der Waals surface area contributed by atoms with E-state index in [2.05, 4.69) is 22.8 Å². The number of benzene rings is 2. The summed E-state index contributed by atoms with van der Waals surface area (Å²) in [6.45, 7) is 1.85. The number of alkyl carbamates (subject to hydrolysis) is 1. The molecule has 0 saturated carbocycles. The fourth-order valence-electron chi connectivity index (χ4n) is 3.91. The zero-order valence-corrected chi connectivity index (χ0v) is 18.2. The highest BCUT2D eigenvalue weighted by Gasteiger charge is 2.29. The summed E-state index contributed by atoms with van der Waals surface area (Å²) in [6.07, 6.45) is -1.33. The summed E-state index contributed by atoms with van der Waals surface area (Å²) in [4.78, 5) is 35.5. The predicted octanol–water partition coefficient (Wildman–Crippen LogP) is 2.91. The fraction of sp³-hybridized carbons (Fsp3) is 0.375. The zero-order valence-electron chi connectivity index (χ0n) is 18.2. The quantitative estimate of drug-likeness (QED) is 0.524. The van der Waals surface area contributed by atoms with Gasteiger partial charge in [0.1, 0.15) is 6.61 Å². The van der Waals surface area contributed by atoms with Crippen molar-refractivity contribution in [1.29, 1.82) is 0 Å². The third kappa shape index (κ3) is 5.45. The van der Waals surface area contributed by atoms with Crippen molar-refractivity contribution in [3.63, 3.8) is 0 Å². The third-order valence-corrected chi connectivity index (χ3v) is 5.61. The van der Waals surface area contributed by atoms with Gasteiger partial charge < -0.3 is 25.2 Å². The molecule has 1 aliphatic rings. The number of hydrogen-bond donors (Lipinski definition) is 3. The van der Waals surface area contributed by atoms with Gasteiger partial charge in [0.25, 0.3) is 5.91 Å². The Morgan fingerprint density at radius 3 is 2.16 bits per heavy atom. The first-order chi connectivity index (χ1) is 15.4. The van der Waals surface area contributed by atoms with E-state index in [0.717, 1.165) is 22.3 Å². The second kappa shape index (κ2) is 10.8. The molecular formula is C24H28N2O6. The molecule has 0 saturated heterocycles. The molecule has 1 aliphatic carbocycles. The summed E-state index contributed by atoms with van der Waals surface area (Å²) >= 11 is 0. The summed E-state index contributed by atoms with van der Waals surface area (Å²) < 4.78 is 10.6. The van der Waals surface area contributed by atoms with Crippen LogP contribution in [0.3, 0.4) is 0 Å². The van der Waals surface area contributed by atoms with Crippen molar-refractivity contribution in [1.82, 2.24) is 10.6 Å². The van der Waals surface area contributed by atoms with E-state index < -0.39 is 30.1 Å². The average Bonchev–Trinajstić information content (AvgIpc) is 3.11. The molecule has 32 heavy (non-hydrogen) atoms. The van der Waals surface area contributed by atoms with Crippen molar-refractivity contribution in [2.24, 2.45) is 0 Å². The normalized spacial score (nSPS) is 14.1. The zero-order chi connectivity index (χ0) is 23.1. The maximum atomic E-state index is 12.4. The van der Waals surface area contributed by atoms with Crippen molar-refractivity contribution < 1.29 is 29.0 Å². The highest BCUT2D eigenvalue weighted by molar-refractivity contribution is 5.83. The van der Waals surface area contributed by atoms with Crippen LogP contribution in [0.5, 0.6) is 0 Å². The van der Waals surface area contributed by atoms with Crippen molar-refractivity contribution in [3.8, 4) is 11.1 Å². The van der Waals surface area contributed by atoms with E-state index in [1.165, 1.54) is 7.11 Å². The van der Waals surface area contributed by atoms with E-state index >= 15 is 0 Å². The summed E-state index contributed by atoms with van der Waals surface area (Å²) in [5, 5.41) is 14.1. The maximum absolute atomic E-state index is 12.4. The van der Waals surface area contributed by atoms with Crippen LogP contribution in [0.25, 0.3) is 11.1 Å². The highest BCUT2D eigenvalue weighted by atomic mass is 16.5. The Morgan fingerprint density at radius 2 is 1.62 bits per heavy atom. The van der Waals surface area contributed by atoms with E-state index in [-0.39, 0.29) is 25.5 Å². The minimum atomic E-state index is -0.997. The molecule has 0 heterocycles. The first-order valence-corrected chi connectivity index (χ1v) is 10.6. The van der Waals surface area contributed by atoms with E-state index in [0.29, 0.717) is 6.42 Å². The molecule has 1 unspecified atom stereocenters. The Kier molecular flexibility index (Phi) is 7.83. The van der Waals surface area contributed by atoms with Gasteiger partial charge >= 0.3 is 12.1 Å². The number of carboxylic acids is 1. The molecule has 0 radical (unpaired) electrons. The molecule has 3 rings (SSSR count). The number of rotatable bonds is 10. The lowest BCUT2D eigenvalue weighted by atomic mass is 9.98. The van der Waals surface area contributed by atoms with Crippen LogP contribution in [0.1, 0.15) is 36.8 Å². The molecule has 2 aromatic carbocycles. The van der Waals surface area contributed by atoms with Gasteiger partial charge in [-0.2, -0.15) is 0 Å². The van der Waals surface area contributed by atoms with Gasteiger partial charge in [-0.1, -0.05) is 55.5 Å². The van der Waals surface area contributed by atoms with Gasteiger partial charge in [0.2, 0.25) is 0 Å². The minimum Gasteiger partial charge on any atom is -0.481 e. The van der Waals surface area contributed by atoms with Gasteiger partial charge in [-0.15, -0.1) is 0 Å². The van der Waals surface area contributed by atoms with E-state index in [9.17, 15) is 14.4 Å². The standard InChI is InChI=1S/C24H28N2O6/c1-3-15(12-22(27)28)26-23(29)21(31-2)13-25-24(30)32-14-20-18-10-6-4-8-16(18)17-9-5-7-11-19(17)20/h4-11,15,20-21H,3,12-14H2,1-2H3,(H,25,30)(H,26,29)(H,27,28)/t15-,21?/m0/s1. The van der Waals surface area contributed by atoms with E-state index in [4.69, 9.17) is 14.6 Å². The molecule has 2 amide bonds. The number of amides is 2. The van der Waals surface area contributed by atoms with Crippen LogP contribution < -0.4 is 10.6 Å². The second-order valence-electron chi connectivity index (χ2n) is 7.64. The van der Waals surface area contributed by atoms with E-state index in [1.54, 1.807) is 6.92 Å². The van der Waals surface area contributed by atoms with Crippen molar-refractivity contribution in [3.05, 3.63) is 59.7 Å². The molecular weight excluding hydrogens is 412 g/mol. The number of ether oxygens (including phenoxy) is 2. The molecule has 2 atom stereocenters. The lowest BCUT2D eigenvalue weighted by Gasteiger charge is -2.20. The molecule has 170 valence electrons. The fourth-order valence-corrected chi connectivity index (χ4v) is 3.91. The van der Waals surface area contributed by atoms with Gasteiger partial charge in [-0.3, -0.25) is 9.59 Å². The molecule has 8 nitrogen and oxygen atoms in total. The predicted molar refractivity (Wildman–Crippen MR) is 118 cm³/mol. The lowest BCUT2D eigenvalue weighted by molar-refractivity contribution is -0.138. The van der Waals surface area contributed by atoms with Crippen LogP contribution in [0, 0.1) is 0 Å². The van der Waals surface area contributed by atoms with Crippen LogP contribution in [-0.2, 0) is 19.1 Å². The summed E-state index contributed by atoms with van der Waals surface area (Å²) in [7, 11) is 1.35. The first kappa shape index (κ1) is 23.3. The van der Waals surface area contributed by atoms with Crippen LogP contribution >= 0.6 is 0 Å². The molecule has 3 N–H and O–H groups in total. The van der Waals surface area contributed by atoms with Gasteiger partial charge in [0.15, 0.2) is 6.10 Å². The molecule has 0 aromatic heterocycles. The maximum Gasteiger partial charge on any atom is 0.407 e. The number of carboxylic acid groups (broad SMARTS) is 1. The number of fused-ring (bicyclic) bond motifs is 3. The monoisotopic (exact) mass is 440 g/mol. The molecule has 2 aromatic rings. The Balaban J connectivity index is 1.54. The Hall–Kier alpha value is -3.39. The summed E-state index contributed by atoms with van der Waals surface area (Å²) in [5.74, 6) is -1.54. The Bertz CT molecular complexity index is 931. The SMILES string of the molecule is CC[C@@H](CC(=O)O)NC(=O)C(CNC(=O)OCC1c2ccccc2-c2ccccc21)OC. The van der Waals surface area contributed by atoms with Crippen LogP contribution in [0.2, 0.25) is 0 Å². The van der Waals surface area contributed by atoms with Crippen molar-refractivity contribution in [2.45, 2.75) is 37.8 Å². The molecule has 8 heteroatoms. The highest BCUT2D eigenvalue weighted by Crippen LogP contribution is 2.44. The average molecular weight is 440 g/mol. The number of nitrogens with one attached hydrogen (secondary N) is 2. The lowest BCUT2D eigenvalue weighted by Crippen LogP contribution is -2.47. The molecule has 0 spiro atoms. The summed E-state index contributed by atoms with van der Waals surface area (Å²) in [6, 6.07) is 15.6. The van der Waals surface area contributed by atoms with Gasteiger partial charge in [-0.05, 0) is 28.7 Å². The van der Waals surface area contributed by atoms with Gasteiger partial charge in [0, 0.05) is 19.1 Å². The van der Waals surface area contributed by atoms with Crippen molar-refractivity contribution in [2.75, 3.05) is 20.3 Å². The molecule has 0 bridgehead atoms. The third-order valence-electron chi connectivity index (χ3n) is 5.61. The topological polar surface area (TPSA) is 114 Å². The Morgan fingerprint density at radius 1 is 1.03 bits per heavy atom. The van der Waals surface area contributed by atoms with Gasteiger partial charge in [0.05, 0.1) is 13.0 Å². The largest absolute Gasteiger partial charge is 0.481 e. The van der Waals surface area contributed by atoms with Crippen LogP contribution in [0.4, 0.5) is 4.79 Å². The van der Waals surface area contributed by atoms with E-state index in [1.807, 2.05) is 36.4 Å². The van der Waals surface area contributed by atoms with Crippen LogP contribution in [-0.4, -0.2) is 55.5 Å². The smallest absolute Gasteiger partial charge is 0.407 e. The Labute approximate surface area is 186 Å². The first-order valence-electron chi connectivity index (χ1n) is 10.6. The number of methoxy groups -OCH3 is 1. The molecule has 0 aliphatic heterocycles. The number of hydrogen-bond acceptors (Lipinski definition) is 5. The van der Waals surface area contributed by atoms with Crippen LogP contribution in [0.15, 0.2) is 48.5 Å². The number of carbonyl (C=O) groups is 3. The minimum absolute atomic E-state index is 0.0593. The number of carbonyl (C=O) groups excluding carboxylic acids is 2.